The number of piperazine rings is 1. The topological polar surface area (TPSA) is 70.2 Å². The largest absolute Gasteiger partial charge is 0.405 e. The van der Waals surface area contributed by atoms with E-state index in [4.69, 9.17) is 0 Å². The molecule has 2 N–H and O–H groups in total. The van der Waals surface area contributed by atoms with Crippen molar-refractivity contribution in [3.8, 4) is 10.6 Å². The number of thiazole rings is 1. The van der Waals surface area contributed by atoms with Crippen molar-refractivity contribution < 1.29 is 18.0 Å². The van der Waals surface area contributed by atoms with E-state index in [2.05, 4.69) is 20.6 Å². The van der Waals surface area contributed by atoms with Gasteiger partial charge in [0, 0.05) is 56.1 Å². The maximum Gasteiger partial charge on any atom is 0.405 e. The van der Waals surface area contributed by atoms with Crippen LogP contribution in [-0.4, -0.2) is 65.7 Å². The maximum atomic E-state index is 13.3. The highest BCUT2D eigenvalue weighted by molar-refractivity contribution is 7.13. The first-order valence-electron chi connectivity index (χ1n) is 8.56. The number of carbonyl (C=O) groups is 1. The first-order chi connectivity index (χ1) is 12.9. The highest BCUT2D eigenvalue weighted by Crippen LogP contribution is 2.25. The number of hydrogen-bond donors (Lipinski definition) is 2. The van der Waals surface area contributed by atoms with Crippen molar-refractivity contribution in [1.29, 1.82) is 0 Å². The lowest BCUT2D eigenvalue weighted by molar-refractivity contribution is -0.184. The minimum Gasteiger partial charge on any atom is -0.354 e. The first kappa shape index (κ1) is 25.6. The van der Waals surface area contributed by atoms with Crippen molar-refractivity contribution in [2.45, 2.75) is 18.6 Å². The van der Waals surface area contributed by atoms with Crippen LogP contribution >= 0.6 is 36.2 Å². The summed E-state index contributed by atoms with van der Waals surface area (Å²) in [6.45, 7) is 1.18. The maximum absolute atomic E-state index is 13.3. The van der Waals surface area contributed by atoms with Gasteiger partial charge in [-0.25, -0.2) is 4.98 Å². The fraction of sp³-hybridized carbons (Fsp3) is 0.471. The van der Waals surface area contributed by atoms with Gasteiger partial charge in [0.2, 0.25) is 5.91 Å². The number of carbonyl (C=O) groups excluding carboxylic acids is 1. The summed E-state index contributed by atoms with van der Waals surface area (Å²) in [5.74, 6) is -0.470. The summed E-state index contributed by atoms with van der Waals surface area (Å²) in [6.07, 6.45) is -1.12. The number of hydrogen-bond acceptors (Lipinski definition) is 6. The van der Waals surface area contributed by atoms with Crippen LogP contribution in [0.1, 0.15) is 5.69 Å². The lowest BCUT2D eigenvalue weighted by Gasteiger charge is -2.35. The highest BCUT2D eigenvalue weighted by Gasteiger charge is 2.43. The van der Waals surface area contributed by atoms with E-state index >= 15 is 0 Å². The van der Waals surface area contributed by atoms with Gasteiger partial charge in [0.25, 0.3) is 0 Å². The molecule has 1 aliphatic heterocycles. The van der Waals surface area contributed by atoms with Crippen molar-refractivity contribution >= 4 is 42.1 Å². The van der Waals surface area contributed by atoms with Crippen molar-refractivity contribution in [2.75, 3.05) is 32.7 Å². The summed E-state index contributed by atoms with van der Waals surface area (Å²) < 4.78 is 40.0. The summed E-state index contributed by atoms with van der Waals surface area (Å²) in [6, 6.07) is 1.97. The number of nitrogens with zero attached hydrogens (tertiary/aromatic N) is 3. The zero-order valence-corrected chi connectivity index (χ0v) is 17.8. The number of aromatic nitrogens is 2. The van der Waals surface area contributed by atoms with Crippen LogP contribution < -0.4 is 10.6 Å². The molecule has 6 nitrogen and oxygen atoms in total. The Hall–Kier alpha value is -1.46. The highest BCUT2D eigenvalue weighted by atomic mass is 35.5. The van der Waals surface area contributed by atoms with E-state index in [1.807, 2.05) is 6.07 Å². The summed E-state index contributed by atoms with van der Waals surface area (Å²) >= 11 is 1.37. The van der Waals surface area contributed by atoms with Gasteiger partial charge in [0.15, 0.2) is 0 Å². The molecule has 29 heavy (non-hydrogen) atoms. The molecule has 0 bridgehead atoms. The average molecular weight is 472 g/mol. The summed E-state index contributed by atoms with van der Waals surface area (Å²) in [5, 5.41) is 7.90. The molecule has 1 amide bonds. The van der Waals surface area contributed by atoms with E-state index < -0.39 is 24.7 Å². The van der Waals surface area contributed by atoms with Gasteiger partial charge in [-0.05, 0) is 12.1 Å². The van der Waals surface area contributed by atoms with E-state index in [0.29, 0.717) is 31.9 Å². The minimum absolute atomic E-state index is 0. The average Bonchev–Trinajstić information content (AvgIpc) is 3.11. The van der Waals surface area contributed by atoms with E-state index in [0.717, 1.165) is 10.6 Å². The quantitative estimate of drug-likeness (QED) is 0.677. The molecule has 2 aromatic rings. The number of amides is 1. The molecule has 1 aliphatic rings. The number of alkyl halides is 3. The molecule has 0 radical (unpaired) electrons. The van der Waals surface area contributed by atoms with Crippen molar-refractivity contribution in [3.63, 3.8) is 0 Å². The second-order valence-electron chi connectivity index (χ2n) is 6.21. The van der Waals surface area contributed by atoms with E-state index in [1.54, 1.807) is 23.8 Å². The predicted octanol–water partition coefficient (Wildman–Crippen LogP) is 2.54. The Morgan fingerprint density at radius 3 is 2.66 bits per heavy atom. The lowest BCUT2D eigenvalue weighted by Crippen LogP contribution is -2.57. The van der Waals surface area contributed by atoms with Crippen LogP contribution in [0.25, 0.3) is 10.6 Å². The summed E-state index contributed by atoms with van der Waals surface area (Å²) in [7, 11) is 0. The number of rotatable bonds is 6. The van der Waals surface area contributed by atoms with Crippen LogP contribution in [0.2, 0.25) is 0 Å². The molecule has 1 fully saturated rings. The predicted molar refractivity (Wildman–Crippen MR) is 111 cm³/mol. The molecule has 0 aliphatic carbocycles. The number of halogens is 5. The summed E-state index contributed by atoms with van der Waals surface area (Å²) in [5.41, 5.74) is 1.37. The molecule has 2 aromatic heterocycles. The Balaban J connectivity index is 0.00000210. The molecule has 3 rings (SSSR count). The normalized spacial score (nSPS) is 15.7. The number of nitrogens with one attached hydrogen (secondary N) is 2. The molecule has 1 atom stereocenters. The summed E-state index contributed by atoms with van der Waals surface area (Å²) in [4.78, 5) is 21.9. The Bertz CT molecular complexity index is 757. The fourth-order valence-corrected chi connectivity index (χ4v) is 3.70. The SMILES string of the molecule is Cl.Cl.O=C(Cc1csc(-c2cccnc2)n1)NCC(N1CCNCC1)C(F)(F)F. The van der Waals surface area contributed by atoms with E-state index in [-0.39, 0.29) is 31.2 Å². The molecular formula is C17H22Cl2F3N5OS. The molecule has 1 saturated heterocycles. The zero-order valence-electron chi connectivity index (χ0n) is 15.3. The molecule has 0 aromatic carbocycles. The van der Waals surface area contributed by atoms with E-state index in [9.17, 15) is 18.0 Å². The van der Waals surface area contributed by atoms with Gasteiger partial charge in [0.1, 0.15) is 11.0 Å². The van der Waals surface area contributed by atoms with Crippen LogP contribution in [0.15, 0.2) is 29.9 Å². The Morgan fingerprint density at radius 2 is 2.03 bits per heavy atom. The fourth-order valence-electron chi connectivity index (χ4n) is 2.89. The van der Waals surface area contributed by atoms with Crippen LogP contribution in [0, 0.1) is 0 Å². The Labute approximate surface area is 183 Å². The van der Waals surface area contributed by atoms with Gasteiger partial charge in [-0.15, -0.1) is 36.2 Å². The van der Waals surface area contributed by atoms with Crippen molar-refractivity contribution in [2.24, 2.45) is 0 Å². The van der Waals surface area contributed by atoms with Crippen LogP contribution in [-0.2, 0) is 11.2 Å². The molecule has 162 valence electrons. The third kappa shape index (κ3) is 7.38. The van der Waals surface area contributed by atoms with Gasteiger partial charge in [-0.2, -0.15) is 13.2 Å². The second kappa shape index (κ2) is 11.7. The minimum atomic E-state index is -4.39. The van der Waals surface area contributed by atoms with Gasteiger partial charge < -0.3 is 10.6 Å². The van der Waals surface area contributed by atoms with Gasteiger partial charge >= 0.3 is 6.18 Å². The first-order valence-corrected chi connectivity index (χ1v) is 9.44. The number of pyridine rings is 1. The van der Waals surface area contributed by atoms with Crippen molar-refractivity contribution in [1.82, 2.24) is 25.5 Å². The smallest absolute Gasteiger partial charge is 0.354 e. The zero-order chi connectivity index (χ0) is 19.3. The van der Waals surface area contributed by atoms with E-state index in [1.165, 1.54) is 16.2 Å². The van der Waals surface area contributed by atoms with Gasteiger partial charge in [0.05, 0.1) is 12.1 Å². The molecule has 0 spiro atoms. The van der Waals surface area contributed by atoms with Crippen LogP contribution in [0.4, 0.5) is 13.2 Å². The molecule has 12 heteroatoms. The standard InChI is InChI=1S/C17H20F3N5OS.2ClH/c18-17(19,20)14(25-6-4-21-5-7-25)10-23-15(26)8-13-11-27-16(24-13)12-2-1-3-22-9-12;;/h1-3,9,11,14,21H,4-8,10H2,(H,23,26);2*1H. The molecule has 3 heterocycles. The third-order valence-corrected chi connectivity index (χ3v) is 5.20. The Morgan fingerprint density at radius 1 is 1.31 bits per heavy atom. The lowest BCUT2D eigenvalue weighted by atomic mass is 10.2. The van der Waals surface area contributed by atoms with Crippen LogP contribution in [0.3, 0.4) is 0 Å². The van der Waals surface area contributed by atoms with Crippen molar-refractivity contribution in [3.05, 3.63) is 35.6 Å². The van der Waals surface area contributed by atoms with Crippen LogP contribution in [0.5, 0.6) is 0 Å². The van der Waals surface area contributed by atoms with Gasteiger partial charge in [-0.3, -0.25) is 14.7 Å². The second-order valence-corrected chi connectivity index (χ2v) is 7.07. The van der Waals surface area contributed by atoms with Gasteiger partial charge in [-0.1, -0.05) is 0 Å². The molecule has 0 saturated carbocycles. The molecule has 1 unspecified atom stereocenters. The monoisotopic (exact) mass is 471 g/mol. The Kier molecular flexibility index (Phi) is 10.3. The third-order valence-electron chi connectivity index (χ3n) is 4.26. The molecular weight excluding hydrogens is 450 g/mol.